The third kappa shape index (κ3) is 3.66. The van der Waals surface area contributed by atoms with E-state index in [9.17, 15) is 5.11 Å². The summed E-state index contributed by atoms with van der Waals surface area (Å²) in [5.74, 6) is 0.329. The molecule has 0 saturated heterocycles. The molecule has 0 saturated carbocycles. The summed E-state index contributed by atoms with van der Waals surface area (Å²) < 4.78 is 1.08. The Labute approximate surface area is 146 Å². The van der Waals surface area contributed by atoms with E-state index in [2.05, 4.69) is 19.2 Å². The number of aliphatic imine (C=N–C) groups is 1. The van der Waals surface area contributed by atoms with E-state index in [4.69, 9.17) is 4.99 Å². The van der Waals surface area contributed by atoms with Gasteiger partial charge in [-0.1, -0.05) is 56.3 Å². The molecule has 0 bridgehead atoms. The minimum absolute atomic E-state index is 0.329. The van der Waals surface area contributed by atoms with Crippen LogP contribution in [0.4, 0.5) is 0 Å². The molecule has 2 N–H and O–H groups in total. The predicted octanol–water partition coefficient (Wildman–Crippen LogP) is 4.44. The van der Waals surface area contributed by atoms with Gasteiger partial charge in [-0.05, 0) is 12.1 Å². The molecule has 3 rings (SSSR count). The van der Waals surface area contributed by atoms with Gasteiger partial charge >= 0.3 is 0 Å². The molecule has 0 radical (unpaired) electrons. The maximum Gasteiger partial charge on any atom is 0.143 e. The summed E-state index contributed by atoms with van der Waals surface area (Å²) in [6, 6.07) is 18.4. The van der Waals surface area contributed by atoms with E-state index in [1.807, 2.05) is 54.6 Å². The van der Waals surface area contributed by atoms with Crippen molar-refractivity contribution in [1.82, 2.24) is 5.32 Å². The lowest BCUT2D eigenvalue weighted by atomic mass is 10.1. The van der Waals surface area contributed by atoms with Crippen LogP contribution in [0.3, 0.4) is 0 Å². The Kier molecular flexibility index (Phi) is 5.28. The van der Waals surface area contributed by atoms with Gasteiger partial charge in [-0.25, -0.2) is 0 Å². The summed E-state index contributed by atoms with van der Waals surface area (Å²) in [5.41, 5.74) is 1.89. The van der Waals surface area contributed by atoms with Crippen molar-refractivity contribution in [3.63, 3.8) is 0 Å². The predicted molar refractivity (Wildman–Crippen MR) is 104 cm³/mol. The van der Waals surface area contributed by atoms with Crippen LogP contribution in [-0.2, 0) is 0 Å². The second kappa shape index (κ2) is 7.60. The monoisotopic (exact) mass is 338 g/mol. The quantitative estimate of drug-likeness (QED) is 0.515. The van der Waals surface area contributed by atoms with Gasteiger partial charge in [0, 0.05) is 28.2 Å². The van der Waals surface area contributed by atoms with Gasteiger partial charge in [-0.2, -0.15) is 0 Å². The largest absolute Gasteiger partial charge is 0.506 e. The molecule has 0 fully saturated rings. The Morgan fingerprint density at radius 1 is 1.08 bits per heavy atom. The van der Waals surface area contributed by atoms with Crippen LogP contribution in [0.2, 0.25) is 0 Å². The Morgan fingerprint density at radius 3 is 2.50 bits per heavy atom. The van der Waals surface area contributed by atoms with E-state index in [0.717, 1.165) is 32.8 Å². The number of rotatable bonds is 6. The average Bonchev–Trinajstić information content (AvgIpc) is 2.92. The van der Waals surface area contributed by atoms with Crippen molar-refractivity contribution in [1.29, 1.82) is 0 Å². The van der Waals surface area contributed by atoms with Gasteiger partial charge in [-0.15, -0.1) is 11.3 Å². The number of aromatic hydroxyl groups is 1. The van der Waals surface area contributed by atoms with Crippen molar-refractivity contribution < 1.29 is 5.11 Å². The van der Waals surface area contributed by atoms with E-state index in [1.54, 1.807) is 11.3 Å². The van der Waals surface area contributed by atoms with Crippen molar-refractivity contribution in [2.45, 2.75) is 19.9 Å². The second-order valence-corrected chi connectivity index (χ2v) is 7.03. The maximum atomic E-state index is 10.7. The molecule has 0 spiro atoms. The zero-order valence-electron chi connectivity index (χ0n) is 14.0. The van der Waals surface area contributed by atoms with E-state index in [0.29, 0.717) is 18.3 Å². The molecule has 0 aliphatic rings. The summed E-state index contributed by atoms with van der Waals surface area (Å²) in [6.45, 7) is 5.75. The highest BCUT2D eigenvalue weighted by Crippen LogP contribution is 2.38. The molecule has 4 heteroatoms. The van der Waals surface area contributed by atoms with Crippen LogP contribution >= 0.6 is 11.3 Å². The summed E-state index contributed by atoms with van der Waals surface area (Å²) in [5, 5.41) is 14.9. The van der Waals surface area contributed by atoms with Gasteiger partial charge in [0.1, 0.15) is 5.75 Å². The van der Waals surface area contributed by atoms with E-state index >= 15 is 0 Å². The third-order valence-electron chi connectivity index (χ3n) is 3.77. The summed E-state index contributed by atoms with van der Waals surface area (Å²) >= 11 is 1.59. The minimum Gasteiger partial charge on any atom is -0.506 e. The molecule has 124 valence electrons. The molecule has 1 heterocycles. The van der Waals surface area contributed by atoms with Crippen LogP contribution in [0.15, 0.2) is 59.6 Å². The molecule has 3 nitrogen and oxygen atoms in total. The number of nitrogens with one attached hydrogen (secondary N) is 1. The highest BCUT2D eigenvalue weighted by molar-refractivity contribution is 7.21. The molecule has 0 aliphatic carbocycles. The Bertz CT molecular complexity index is 837. The highest BCUT2D eigenvalue weighted by atomic mass is 32.1. The number of hydrogen-bond acceptors (Lipinski definition) is 4. The van der Waals surface area contributed by atoms with Gasteiger partial charge in [0.25, 0.3) is 0 Å². The molecular formula is C20H22N2OS. The van der Waals surface area contributed by atoms with E-state index < -0.39 is 0 Å². The number of thiophene rings is 1. The van der Waals surface area contributed by atoms with Crippen LogP contribution in [-0.4, -0.2) is 29.9 Å². The number of fused-ring (bicyclic) bond motifs is 1. The molecule has 0 aliphatic heterocycles. The van der Waals surface area contributed by atoms with Gasteiger partial charge in [-0.3, -0.25) is 4.99 Å². The number of hydrogen-bond donors (Lipinski definition) is 2. The molecular weight excluding hydrogens is 316 g/mol. The summed E-state index contributed by atoms with van der Waals surface area (Å²) in [7, 11) is 0. The first-order valence-electron chi connectivity index (χ1n) is 8.21. The van der Waals surface area contributed by atoms with Gasteiger partial charge in [0.05, 0.1) is 17.1 Å². The molecule has 3 aromatic rings. The van der Waals surface area contributed by atoms with Crippen LogP contribution < -0.4 is 5.32 Å². The van der Waals surface area contributed by atoms with Crippen molar-refractivity contribution in [2.75, 3.05) is 13.1 Å². The fraction of sp³-hybridized carbons (Fsp3) is 0.250. The van der Waals surface area contributed by atoms with Crippen LogP contribution in [0.5, 0.6) is 5.75 Å². The summed E-state index contributed by atoms with van der Waals surface area (Å²) in [6.07, 6.45) is 0. The normalized spacial score (nSPS) is 12.2. The molecule has 24 heavy (non-hydrogen) atoms. The molecule has 1 aromatic heterocycles. The first-order chi connectivity index (χ1) is 11.7. The lowest BCUT2D eigenvalue weighted by Gasteiger charge is -2.08. The lowest BCUT2D eigenvalue weighted by Crippen LogP contribution is -2.25. The fourth-order valence-electron chi connectivity index (χ4n) is 2.60. The number of benzene rings is 2. The van der Waals surface area contributed by atoms with Crippen molar-refractivity contribution in [3.05, 3.63) is 65.0 Å². The van der Waals surface area contributed by atoms with Crippen molar-refractivity contribution in [3.8, 4) is 5.75 Å². The molecule has 0 unspecified atom stereocenters. The average molecular weight is 338 g/mol. The molecule has 0 amide bonds. The Morgan fingerprint density at radius 2 is 1.79 bits per heavy atom. The fourth-order valence-corrected chi connectivity index (χ4v) is 3.73. The zero-order valence-corrected chi connectivity index (χ0v) is 14.8. The Balaban J connectivity index is 2.00. The van der Waals surface area contributed by atoms with Crippen LogP contribution in [0, 0.1) is 0 Å². The standard InChI is InChI=1S/C20H22N2OS/c1-14(2)21-12-13-22-18(15-8-4-3-5-9-15)20-19(23)16-10-6-7-11-17(16)24-20/h3-11,14,21,23H,12-13H2,1-2H3. The van der Waals surface area contributed by atoms with Gasteiger partial charge in [0.15, 0.2) is 0 Å². The smallest absolute Gasteiger partial charge is 0.143 e. The van der Waals surface area contributed by atoms with Gasteiger partial charge < -0.3 is 10.4 Å². The first-order valence-corrected chi connectivity index (χ1v) is 9.02. The molecule has 2 aromatic carbocycles. The van der Waals surface area contributed by atoms with Crippen LogP contribution in [0.25, 0.3) is 10.1 Å². The molecule has 0 atom stereocenters. The number of nitrogens with zero attached hydrogens (tertiary/aromatic N) is 1. The first kappa shape index (κ1) is 16.7. The summed E-state index contributed by atoms with van der Waals surface area (Å²) in [4.78, 5) is 5.64. The highest BCUT2D eigenvalue weighted by Gasteiger charge is 2.17. The van der Waals surface area contributed by atoms with Crippen molar-refractivity contribution >= 4 is 27.1 Å². The maximum absolute atomic E-state index is 10.7. The van der Waals surface area contributed by atoms with Crippen molar-refractivity contribution in [2.24, 2.45) is 4.99 Å². The third-order valence-corrected chi connectivity index (χ3v) is 4.93. The SMILES string of the molecule is CC(C)NCCN=C(c1ccccc1)c1sc2ccccc2c1O. The topological polar surface area (TPSA) is 44.6 Å². The van der Waals surface area contributed by atoms with E-state index in [-0.39, 0.29) is 0 Å². The second-order valence-electron chi connectivity index (χ2n) is 5.98. The van der Waals surface area contributed by atoms with Crippen LogP contribution in [0.1, 0.15) is 24.3 Å². The van der Waals surface area contributed by atoms with E-state index in [1.165, 1.54) is 0 Å². The zero-order chi connectivity index (χ0) is 16.9. The minimum atomic E-state index is 0.329. The lowest BCUT2D eigenvalue weighted by molar-refractivity contribution is 0.482. The Hall–Kier alpha value is -2.17. The van der Waals surface area contributed by atoms with Gasteiger partial charge in [0.2, 0.25) is 0 Å².